The number of amides is 1. The van der Waals surface area contributed by atoms with E-state index in [0.717, 1.165) is 36.8 Å². The lowest BCUT2D eigenvalue weighted by Crippen LogP contribution is -2.32. The van der Waals surface area contributed by atoms with Crippen molar-refractivity contribution < 1.29 is 22.4 Å². The summed E-state index contributed by atoms with van der Waals surface area (Å²) in [7, 11) is -2.23. The SMILES string of the molecule is COc1ccc(S(=O)(=O)N2CCCCCC2)cc1C(=O)NCCc1coc(-c2ccc(C)cc2)n1. The molecule has 1 N–H and O–H groups in total. The summed E-state index contributed by atoms with van der Waals surface area (Å²) in [5.74, 6) is 0.442. The van der Waals surface area contributed by atoms with Crippen LogP contribution in [0.4, 0.5) is 0 Å². The summed E-state index contributed by atoms with van der Waals surface area (Å²) in [5.41, 5.74) is 2.94. The number of oxazole rings is 1. The number of methoxy groups -OCH3 is 1. The minimum absolute atomic E-state index is 0.101. The van der Waals surface area contributed by atoms with Gasteiger partial charge in [0, 0.05) is 31.6 Å². The largest absolute Gasteiger partial charge is 0.496 e. The van der Waals surface area contributed by atoms with Gasteiger partial charge in [0.1, 0.15) is 12.0 Å². The Balaban J connectivity index is 1.43. The van der Waals surface area contributed by atoms with Crippen LogP contribution >= 0.6 is 0 Å². The predicted octanol–water partition coefficient (Wildman–Crippen LogP) is 4.20. The van der Waals surface area contributed by atoms with Gasteiger partial charge in [-0.25, -0.2) is 13.4 Å². The first-order valence-electron chi connectivity index (χ1n) is 11.9. The number of carbonyl (C=O) groups excluding carboxylic acids is 1. The van der Waals surface area contributed by atoms with Gasteiger partial charge in [-0.05, 0) is 50.1 Å². The van der Waals surface area contributed by atoms with E-state index in [1.807, 2.05) is 31.2 Å². The summed E-state index contributed by atoms with van der Waals surface area (Å²) in [4.78, 5) is 17.5. The molecule has 2 heterocycles. The highest BCUT2D eigenvalue weighted by molar-refractivity contribution is 7.89. The number of aryl methyl sites for hydroxylation is 1. The fraction of sp³-hybridized carbons (Fsp3) is 0.385. The fourth-order valence-electron chi connectivity index (χ4n) is 4.11. The van der Waals surface area contributed by atoms with Crippen molar-refractivity contribution in [3.05, 3.63) is 65.5 Å². The molecular formula is C26H31N3O5S. The lowest BCUT2D eigenvalue weighted by molar-refractivity contribution is 0.0950. The smallest absolute Gasteiger partial charge is 0.255 e. The summed E-state index contributed by atoms with van der Waals surface area (Å²) >= 11 is 0. The van der Waals surface area contributed by atoms with Gasteiger partial charge >= 0.3 is 0 Å². The van der Waals surface area contributed by atoms with Gasteiger partial charge in [0.2, 0.25) is 15.9 Å². The molecule has 1 amide bonds. The molecule has 8 nitrogen and oxygen atoms in total. The lowest BCUT2D eigenvalue weighted by Gasteiger charge is -2.20. The first kappa shape index (κ1) is 24.9. The van der Waals surface area contributed by atoms with Crippen molar-refractivity contribution >= 4 is 15.9 Å². The molecular weight excluding hydrogens is 466 g/mol. The molecule has 1 saturated heterocycles. The third-order valence-electron chi connectivity index (χ3n) is 6.14. The number of hydrogen-bond acceptors (Lipinski definition) is 6. The van der Waals surface area contributed by atoms with Gasteiger partial charge in [0.25, 0.3) is 5.91 Å². The van der Waals surface area contributed by atoms with E-state index in [1.54, 1.807) is 6.26 Å². The molecule has 0 atom stereocenters. The number of benzene rings is 2. The second-order valence-corrected chi connectivity index (χ2v) is 10.6. The first-order chi connectivity index (χ1) is 16.9. The molecule has 0 spiro atoms. The second-order valence-electron chi connectivity index (χ2n) is 8.70. The molecule has 2 aromatic carbocycles. The van der Waals surface area contributed by atoms with E-state index in [-0.39, 0.29) is 10.5 Å². The Morgan fingerprint density at radius 2 is 1.80 bits per heavy atom. The van der Waals surface area contributed by atoms with Crippen LogP contribution in [0.5, 0.6) is 5.75 Å². The summed E-state index contributed by atoms with van der Waals surface area (Å²) in [6, 6.07) is 12.3. The summed E-state index contributed by atoms with van der Waals surface area (Å²) in [5, 5.41) is 2.84. The molecule has 35 heavy (non-hydrogen) atoms. The molecule has 0 aliphatic carbocycles. The first-order valence-corrected chi connectivity index (χ1v) is 13.3. The highest BCUT2D eigenvalue weighted by Crippen LogP contribution is 2.26. The minimum atomic E-state index is -3.68. The van der Waals surface area contributed by atoms with Gasteiger partial charge in [-0.3, -0.25) is 4.79 Å². The standard InChI is InChI=1S/C26H31N3O5S/c1-19-7-9-20(10-8-19)26-28-21(18-34-26)13-14-27-25(30)23-17-22(11-12-24(23)33-2)35(31,32)29-15-5-3-4-6-16-29/h7-12,17-18H,3-6,13-16H2,1-2H3,(H,27,30). The third-order valence-corrected chi connectivity index (χ3v) is 8.03. The van der Waals surface area contributed by atoms with E-state index in [0.29, 0.717) is 43.4 Å². The van der Waals surface area contributed by atoms with Gasteiger partial charge < -0.3 is 14.5 Å². The van der Waals surface area contributed by atoms with Crippen molar-refractivity contribution in [2.45, 2.75) is 43.9 Å². The molecule has 0 saturated carbocycles. The van der Waals surface area contributed by atoms with Gasteiger partial charge in [-0.15, -0.1) is 0 Å². The number of nitrogens with one attached hydrogen (secondary N) is 1. The Morgan fingerprint density at radius 3 is 2.49 bits per heavy atom. The molecule has 1 aliphatic rings. The number of aromatic nitrogens is 1. The van der Waals surface area contributed by atoms with Crippen molar-refractivity contribution in [3.63, 3.8) is 0 Å². The van der Waals surface area contributed by atoms with Crippen molar-refractivity contribution in [1.82, 2.24) is 14.6 Å². The van der Waals surface area contributed by atoms with Crippen molar-refractivity contribution in [3.8, 4) is 17.2 Å². The predicted molar refractivity (Wildman–Crippen MR) is 133 cm³/mol. The van der Waals surface area contributed by atoms with Crippen LogP contribution in [0.1, 0.15) is 47.3 Å². The number of sulfonamides is 1. The number of nitrogens with zero attached hydrogens (tertiary/aromatic N) is 2. The highest BCUT2D eigenvalue weighted by atomic mass is 32.2. The van der Waals surface area contributed by atoms with E-state index in [2.05, 4.69) is 10.3 Å². The highest BCUT2D eigenvalue weighted by Gasteiger charge is 2.27. The molecule has 1 aliphatic heterocycles. The van der Waals surface area contributed by atoms with Gasteiger partial charge in [-0.2, -0.15) is 4.31 Å². The molecule has 1 fully saturated rings. The fourth-order valence-corrected chi connectivity index (χ4v) is 5.65. The van der Waals surface area contributed by atoms with Crippen LogP contribution < -0.4 is 10.1 Å². The zero-order chi connectivity index (χ0) is 24.8. The second kappa shape index (κ2) is 11.0. The van der Waals surface area contributed by atoms with Crippen LogP contribution in [0.2, 0.25) is 0 Å². The Kier molecular flexibility index (Phi) is 7.87. The van der Waals surface area contributed by atoms with Crippen LogP contribution in [0.3, 0.4) is 0 Å². The topological polar surface area (TPSA) is 102 Å². The Bertz CT molecular complexity index is 1260. The number of hydrogen-bond donors (Lipinski definition) is 1. The van der Waals surface area contributed by atoms with E-state index >= 15 is 0 Å². The third kappa shape index (κ3) is 5.91. The van der Waals surface area contributed by atoms with Crippen LogP contribution in [-0.4, -0.2) is 50.4 Å². The van der Waals surface area contributed by atoms with Gasteiger partial charge in [0.05, 0.1) is 23.3 Å². The summed E-state index contributed by atoms with van der Waals surface area (Å²) in [6.07, 6.45) is 5.79. The monoisotopic (exact) mass is 497 g/mol. The molecule has 9 heteroatoms. The zero-order valence-corrected chi connectivity index (χ0v) is 20.9. The molecule has 0 unspecified atom stereocenters. The van der Waals surface area contributed by atoms with Gasteiger partial charge in [0.15, 0.2) is 0 Å². The van der Waals surface area contributed by atoms with Crippen LogP contribution in [0.25, 0.3) is 11.5 Å². The minimum Gasteiger partial charge on any atom is -0.496 e. The normalized spacial score (nSPS) is 14.9. The van der Waals surface area contributed by atoms with Crippen molar-refractivity contribution in [2.24, 2.45) is 0 Å². The molecule has 186 valence electrons. The number of ether oxygens (including phenoxy) is 1. The molecule has 0 radical (unpaired) electrons. The molecule has 3 aromatic rings. The average molecular weight is 498 g/mol. The quantitative estimate of drug-likeness (QED) is 0.501. The lowest BCUT2D eigenvalue weighted by atomic mass is 10.1. The Morgan fingerprint density at radius 1 is 1.09 bits per heavy atom. The maximum absolute atomic E-state index is 13.2. The molecule has 0 bridgehead atoms. The molecule has 1 aromatic heterocycles. The van der Waals surface area contributed by atoms with Gasteiger partial charge in [-0.1, -0.05) is 30.5 Å². The molecule has 4 rings (SSSR count). The van der Waals surface area contributed by atoms with Crippen molar-refractivity contribution in [1.29, 1.82) is 0 Å². The van der Waals surface area contributed by atoms with E-state index in [9.17, 15) is 13.2 Å². The van der Waals surface area contributed by atoms with Crippen LogP contribution in [-0.2, 0) is 16.4 Å². The maximum atomic E-state index is 13.2. The average Bonchev–Trinajstić information content (AvgIpc) is 3.15. The zero-order valence-electron chi connectivity index (χ0n) is 20.1. The summed E-state index contributed by atoms with van der Waals surface area (Å²) < 4.78 is 38.8. The Labute approximate surface area is 206 Å². The van der Waals surface area contributed by atoms with E-state index in [4.69, 9.17) is 9.15 Å². The summed E-state index contributed by atoms with van der Waals surface area (Å²) in [6.45, 7) is 3.32. The van der Waals surface area contributed by atoms with Crippen LogP contribution in [0, 0.1) is 6.92 Å². The van der Waals surface area contributed by atoms with Crippen LogP contribution in [0.15, 0.2) is 58.0 Å². The Hall–Kier alpha value is -3.17. The van der Waals surface area contributed by atoms with E-state index in [1.165, 1.54) is 29.6 Å². The maximum Gasteiger partial charge on any atom is 0.255 e. The van der Waals surface area contributed by atoms with E-state index < -0.39 is 15.9 Å². The van der Waals surface area contributed by atoms with Crippen molar-refractivity contribution in [2.75, 3.05) is 26.7 Å². The number of rotatable bonds is 8. The number of carbonyl (C=O) groups is 1.